The third kappa shape index (κ3) is 33.4. The van der Waals surface area contributed by atoms with Gasteiger partial charge in [-0.15, -0.1) is 0 Å². The Hall–Kier alpha value is -1.10. The first-order valence-electron chi connectivity index (χ1n) is 18.6. The molecule has 0 spiro atoms. The van der Waals surface area contributed by atoms with E-state index in [1.54, 1.807) is 0 Å². The first-order valence-corrected chi connectivity index (χ1v) is 18.6. The third-order valence-electron chi connectivity index (χ3n) is 8.36. The minimum Gasteiger partial charge on any atom is -0.465 e. The van der Waals surface area contributed by atoms with Crippen molar-refractivity contribution in [2.24, 2.45) is 0 Å². The maximum absolute atomic E-state index is 11.9. The maximum atomic E-state index is 11.9. The van der Waals surface area contributed by atoms with Crippen LogP contribution in [0.4, 0.5) is 0 Å². The summed E-state index contributed by atoms with van der Waals surface area (Å²) in [6.45, 7) is 4.62. The second-order valence-electron chi connectivity index (χ2n) is 12.6. The van der Waals surface area contributed by atoms with Gasteiger partial charge in [-0.3, -0.25) is 9.59 Å². The number of hydrogen-bond donors (Lipinski definition) is 1. The van der Waals surface area contributed by atoms with Gasteiger partial charge in [0.2, 0.25) is 6.29 Å². The smallest absolute Gasteiger partial charge is 0.308 e. The van der Waals surface area contributed by atoms with Crippen LogP contribution in [0.1, 0.15) is 213 Å². The molecule has 0 radical (unpaired) electrons. The van der Waals surface area contributed by atoms with Crippen LogP contribution in [0, 0.1) is 0 Å². The molecule has 0 aliphatic carbocycles. The molecular weight excluding hydrogens is 524 g/mol. The van der Waals surface area contributed by atoms with Crippen molar-refractivity contribution in [2.75, 3.05) is 6.61 Å². The highest BCUT2D eigenvalue weighted by molar-refractivity contribution is 5.69. The monoisotopic (exact) mass is 597 g/mol. The van der Waals surface area contributed by atoms with E-state index in [1.807, 2.05) is 0 Å². The number of esters is 2. The molecule has 0 amide bonds. The lowest BCUT2D eigenvalue weighted by Gasteiger charge is -2.12. The number of rotatable bonds is 34. The van der Waals surface area contributed by atoms with Crippen LogP contribution in [0.2, 0.25) is 0 Å². The Kier molecular flexibility index (Phi) is 33.5. The molecule has 1 N–H and O–H groups in total. The fraction of sp³-hybridized carbons (Fsp3) is 0.946. The molecule has 0 rings (SSSR count). The summed E-state index contributed by atoms with van der Waals surface area (Å²) in [7, 11) is 0. The van der Waals surface area contributed by atoms with Gasteiger partial charge in [-0.05, 0) is 12.8 Å². The van der Waals surface area contributed by atoms with Crippen LogP contribution in [0.25, 0.3) is 0 Å². The van der Waals surface area contributed by atoms with E-state index < -0.39 is 6.29 Å². The summed E-state index contributed by atoms with van der Waals surface area (Å²) in [5.74, 6) is -0.593. The number of hydrogen-bond acceptors (Lipinski definition) is 5. The van der Waals surface area contributed by atoms with Crippen LogP contribution in [-0.4, -0.2) is 29.9 Å². The number of aliphatic hydroxyl groups is 1. The largest absolute Gasteiger partial charge is 0.465 e. The number of carbonyl (C=O) groups excluding carboxylic acids is 2. The average Bonchev–Trinajstić information content (AvgIpc) is 2.97. The zero-order valence-electron chi connectivity index (χ0n) is 28.3. The molecule has 250 valence electrons. The van der Waals surface area contributed by atoms with Gasteiger partial charge >= 0.3 is 11.9 Å². The first-order chi connectivity index (χ1) is 20.6. The third-order valence-corrected chi connectivity index (χ3v) is 8.36. The van der Waals surface area contributed by atoms with Crippen molar-refractivity contribution in [2.45, 2.75) is 219 Å². The molecule has 0 aromatic rings. The lowest BCUT2D eigenvalue weighted by molar-refractivity contribution is -0.171. The van der Waals surface area contributed by atoms with E-state index in [1.165, 1.54) is 148 Å². The van der Waals surface area contributed by atoms with Crippen molar-refractivity contribution in [3.8, 4) is 0 Å². The van der Waals surface area contributed by atoms with Crippen LogP contribution in [0.5, 0.6) is 0 Å². The van der Waals surface area contributed by atoms with Crippen molar-refractivity contribution >= 4 is 11.9 Å². The molecular formula is C37H72O5. The fourth-order valence-electron chi connectivity index (χ4n) is 5.54. The SMILES string of the molecule is CCCCCCCCCCCCCCCCCC(=O)OCCC(O)OC(=O)CCCCCCCCCCCCCCC. The molecule has 1 atom stereocenters. The zero-order valence-corrected chi connectivity index (χ0v) is 28.3. The number of aliphatic hydroxyl groups excluding tert-OH is 1. The van der Waals surface area contributed by atoms with Gasteiger partial charge in [-0.25, -0.2) is 0 Å². The zero-order chi connectivity index (χ0) is 30.8. The van der Waals surface area contributed by atoms with Gasteiger partial charge in [-0.2, -0.15) is 0 Å². The molecule has 0 aliphatic heterocycles. The van der Waals surface area contributed by atoms with Crippen LogP contribution in [0.3, 0.4) is 0 Å². The molecule has 0 saturated heterocycles. The van der Waals surface area contributed by atoms with E-state index in [-0.39, 0.29) is 25.0 Å². The lowest BCUT2D eigenvalue weighted by Crippen LogP contribution is -2.20. The highest BCUT2D eigenvalue weighted by Crippen LogP contribution is 2.15. The van der Waals surface area contributed by atoms with E-state index in [0.717, 1.165) is 32.1 Å². The summed E-state index contributed by atoms with van der Waals surface area (Å²) in [6, 6.07) is 0. The van der Waals surface area contributed by atoms with Gasteiger partial charge in [0.15, 0.2) is 0 Å². The Morgan fingerprint density at radius 1 is 0.452 bits per heavy atom. The summed E-state index contributed by atoms with van der Waals surface area (Å²) in [5, 5.41) is 9.92. The van der Waals surface area contributed by atoms with E-state index in [0.29, 0.717) is 12.8 Å². The van der Waals surface area contributed by atoms with Crippen LogP contribution < -0.4 is 0 Å². The molecule has 0 aromatic heterocycles. The van der Waals surface area contributed by atoms with Crippen LogP contribution >= 0.6 is 0 Å². The molecule has 42 heavy (non-hydrogen) atoms. The van der Waals surface area contributed by atoms with Crippen molar-refractivity contribution < 1.29 is 24.2 Å². The second-order valence-corrected chi connectivity index (χ2v) is 12.6. The average molecular weight is 597 g/mol. The van der Waals surface area contributed by atoms with Crippen LogP contribution in [-0.2, 0) is 19.1 Å². The Morgan fingerprint density at radius 2 is 0.738 bits per heavy atom. The summed E-state index contributed by atoms with van der Waals surface area (Å²) in [4.78, 5) is 23.8. The normalized spacial score (nSPS) is 12.0. The minimum absolute atomic E-state index is 0.0881. The molecule has 0 bridgehead atoms. The molecule has 0 heterocycles. The van der Waals surface area contributed by atoms with Crippen molar-refractivity contribution in [1.29, 1.82) is 0 Å². The molecule has 0 aliphatic rings. The van der Waals surface area contributed by atoms with Crippen LogP contribution in [0.15, 0.2) is 0 Å². The lowest BCUT2D eigenvalue weighted by atomic mass is 10.0. The number of carbonyl (C=O) groups is 2. The topological polar surface area (TPSA) is 72.8 Å². The molecule has 1 unspecified atom stereocenters. The fourth-order valence-corrected chi connectivity index (χ4v) is 5.54. The number of unbranched alkanes of at least 4 members (excludes halogenated alkanes) is 26. The van der Waals surface area contributed by atoms with Crippen molar-refractivity contribution in [3.63, 3.8) is 0 Å². The second kappa shape index (κ2) is 34.4. The Bertz CT molecular complexity index is 564. The maximum Gasteiger partial charge on any atom is 0.308 e. The van der Waals surface area contributed by atoms with Gasteiger partial charge in [0, 0.05) is 19.3 Å². The highest BCUT2D eigenvalue weighted by atomic mass is 16.6. The van der Waals surface area contributed by atoms with Gasteiger partial charge in [-0.1, -0.05) is 181 Å². The molecule has 0 saturated carbocycles. The summed E-state index contributed by atoms with van der Waals surface area (Å²) < 4.78 is 10.3. The van der Waals surface area contributed by atoms with Gasteiger partial charge in [0.1, 0.15) is 0 Å². The predicted octanol–water partition coefficient (Wildman–Crippen LogP) is 11.5. The summed E-state index contributed by atoms with van der Waals surface area (Å²) in [5.41, 5.74) is 0. The Morgan fingerprint density at radius 3 is 1.07 bits per heavy atom. The van der Waals surface area contributed by atoms with E-state index in [9.17, 15) is 14.7 Å². The molecule has 0 aromatic carbocycles. The quantitative estimate of drug-likeness (QED) is 0.0454. The first kappa shape index (κ1) is 40.9. The highest BCUT2D eigenvalue weighted by Gasteiger charge is 2.12. The minimum atomic E-state index is -1.20. The standard InChI is InChI=1S/C37H72O5/c1-3-5-7-9-11-13-15-17-18-20-21-23-25-27-29-31-35(38)41-34-33-37(40)42-36(39)32-30-28-26-24-22-19-16-14-12-10-8-6-4-2/h37,40H,3-34H2,1-2H3. The van der Waals surface area contributed by atoms with Gasteiger partial charge < -0.3 is 14.6 Å². The van der Waals surface area contributed by atoms with Crippen molar-refractivity contribution in [3.05, 3.63) is 0 Å². The number of ether oxygens (including phenoxy) is 2. The van der Waals surface area contributed by atoms with Gasteiger partial charge in [0.25, 0.3) is 0 Å². The Labute approximate surface area is 261 Å². The molecule has 5 nitrogen and oxygen atoms in total. The van der Waals surface area contributed by atoms with Crippen molar-refractivity contribution in [1.82, 2.24) is 0 Å². The summed E-state index contributed by atoms with van der Waals surface area (Å²) >= 11 is 0. The predicted molar refractivity (Wildman–Crippen MR) is 178 cm³/mol. The van der Waals surface area contributed by atoms with E-state index in [4.69, 9.17) is 9.47 Å². The molecule has 0 fully saturated rings. The van der Waals surface area contributed by atoms with Gasteiger partial charge in [0.05, 0.1) is 6.61 Å². The van der Waals surface area contributed by atoms with E-state index >= 15 is 0 Å². The molecule has 5 heteroatoms. The summed E-state index contributed by atoms with van der Waals surface area (Å²) in [6.07, 6.45) is 35.6. The Balaban J connectivity index is 3.38. The van der Waals surface area contributed by atoms with E-state index in [2.05, 4.69) is 13.8 Å².